The number of hydrogen-bond acceptors (Lipinski definition) is 5. The van der Waals surface area contributed by atoms with Gasteiger partial charge in [-0.2, -0.15) is 4.57 Å². The molecule has 5 nitrogen and oxygen atoms in total. The number of allylic oxidation sites excluding steroid dienone is 2. The van der Waals surface area contributed by atoms with Crippen LogP contribution in [0, 0.1) is 0 Å². The molecule has 1 N–H and O–H groups in total. The summed E-state index contributed by atoms with van der Waals surface area (Å²) in [7, 11) is 3.79. The van der Waals surface area contributed by atoms with Gasteiger partial charge < -0.3 is 14.7 Å². The average molecular weight is 504 g/mol. The summed E-state index contributed by atoms with van der Waals surface area (Å²) in [6.45, 7) is 2.58. The number of carboxylic acids is 1. The highest BCUT2D eigenvalue weighted by Gasteiger charge is 2.26. The summed E-state index contributed by atoms with van der Waals surface area (Å²) in [5.41, 5.74) is 3.47. The number of hydrogen-bond donors (Lipinski definition) is 1. The van der Waals surface area contributed by atoms with Gasteiger partial charge in [0.05, 0.1) is 29.6 Å². The largest absolute Gasteiger partial charge is 0.497 e. The Hall–Kier alpha value is -3.29. The third kappa shape index (κ3) is 4.54. The number of fused-ring (bicyclic) bond motifs is 4. The summed E-state index contributed by atoms with van der Waals surface area (Å²) in [6, 6.07) is 18.8. The molecule has 2 heterocycles. The zero-order valence-electron chi connectivity index (χ0n) is 19.9. The first kappa shape index (κ1) is 23.5. The number of nitrogens with zero attached hydrogens (tertiary/aromatic N) is 2. The number of aliphatic carboxylic acids is 1. The number of carbonyl (C=O) groups is 1. The second-order valence-corrected chi connectivity index (χ2v) is 10.5. The van der Waals surface area contributed by atoms with E-state index in [1.54, 1.807) is 30.2 Å². The molecule has 7 heteroatoms. The maximum atomic E-state index is 11.3. The lowest BCUT2D eigenvalue weighted by atomic mass is 10.1. The molecule has 3 aromatic carbocycles. The summed E-state index contributed by atoms with van der Waals surface area (Å²) in [6.07, 6.45) is 5.39. The molecule has 0 saturated carbocycles. The SMILES string of the molecule is CCC(=C/c1sc2ccc3ccccc3c2[n+]1C)/C=C1\Sc2cc(OC)ccc2N1CCC(=O)O. The molecule has 0 spiro atoms. The number of thiazole rings is 1. The minimum absolute atomic E-state index is 0.0763. The minimum Gasteiger partial charge on any atom is -0.497 e. The number of carboxylic acid groups (broad SMARTS) is 1. The monoisotopic (exact) mass is 503 g/mol. The van der Waals surface area contributed by atoms with Crippen LogP contribution in [-0.4, -0.2) is 24.7 Å². The quantitative estimate of drug-likeness (QED) is 0.288. The number of benzene rings is 3. The van der Waals surface area contributed by atoms with Gasteiger partial charge in [0.1, 0.15) is 17.5 Å². The summed E-state index contributed by atoms with van der Waals surface area (Å²) >= 11 is 3.45. The fraction of sp³-hybridized carbons (Fsp3) is 0.214. The molecule has 0 aliphatic carbocycles. The van der Waals surface area contributed by atoms with E-state index in [0.717, 1.165) is 27.8 Å². The number of rotatable bonds is 7. The fourth-order valence-electron chi connectivity index (χ4n) is 4.40. The van der Waals surface area contributed by atoms with Crippen molar-refractivity contribution >= 4 is 61.8 Å². The molecule has 1 aromatic heterocycles. The van der Waals surface area contributed by atoms with Crippen LogP contribution in [0.5, 0.6) is 5.75 Å². The van der Waals surface area contributed by atoms with E-state index in [1.807, 2.05) is 18.2 Å². The van der Waals surface area contributed by atoms with Crippen molar-refractivity contribution in [2.24, 2.45) is 7.05 Å². The van der Waals surface area contributed by atoms with Crippen LogP contribution < -0.4 is 14.2 Å². The second kappa shape index (κ2) is 9.76. The van der Waals surface area contributed by atoms with Crippen LogP contribution in [0.4, 0.5) is 5.69 Å². The summed E-state index contributed by atoms with van der Waals surface area (Å²) in [5.74, 6) is -0.00133. The number of thioether (sulfide) groups is 1. The van der Waals surface area contributed by atoms with Crippen LogP contribution in [0.1, 0.15) is 24.8 Å². The normalized spacial score (nSPS) is 14.8. The maximum absolute atomic E-state index is 11.3. The van der Waals surface area contributed by atoms with Crippen molar-refractivity contribution in [3.05, 3.63) is 76.3 Å². The Bertz CT molecular complexity index is 1500. The van der Waals surface area contributed by atoms with Gasteiger partial charge in [-0.3, -0.25) is 4.79 Å². The number of aryl methyl sites for hydroxylation is 1. The smallest absolute Gasteiger partial charge is 0.305 e. The molecule has 5 rings (SSSR count). The number of anilines is 1. The van der Waals surface area contributed by atoms with E-state index in [-0.39, 0.29) is 6.42 Å². The maximum Gasteiger partial charge on any atom is 0.305 e. The Morgan fingerprint density at radius 3 is 2.77 bits per heavy atom. The van der Waals surface area contributed by atoms with E-state index in [1.165, 1.54) is 31.6 Å². The molecule has 4 aromatic rings. The predicted octanol–water partition coefficient (Wildman–Crippen LogP) is 6.61. The fourth-order valence-corrected chi connectivity index (χ4v) is 6.74. The Balaban J connectivity index is 1.55. The van der Waals surface area contributed by atoms with E-state index in [2.05, 4.69) is 72.0 Å². The van der Waals surface area contributed by atoms with E-state index in [4.69, 9.17) is 4.74 Å². The first-order valence-corrected chi connectivity index (χ1v) is 13.2. The number of ether oxygens (including phenoxy) is 1. The lowest BCUT2D eigenvalue weighted by molar-refractivity contribution is -0.641. The Labute approximate surface area is 213 Å². The number of methoxy groups -OCH3 is 1. The molecule has 0 saturated heterocycles. The van der Waals surface area contributed by atoms with Gasteiger partial charge in [-0.05, 0) is 53.8 Å². The average Bonchev–Trinajstić information content (AvgIpc) is 3.38. The third-order valence-electron chi connectivity index (χ3n) is 6.26. The Morgan fingerprint density at radius 2 is 2.00 bits per heavy atom. The molecule has 0 amide bonds. The summed E-state index contributed by atoms with van der Waals surface area (Å²) < 4.78 is 8.94. The first-order valence-electron chi connectivity index (χ1n) is 11.6. The van der Waals surface area contributed by atoms with E-state index in [0.29, 0.717) is 6.54 Å². The van der Waals surface area contributed by atoms with Crippen molar-refractivity contribution in [1.29, 1.82) is 0 Å². The number of aromatic nitrogens is 1. The Morgan fingerprint density at radius 1 is 1.17 bits per heavy atom. The molecular formula is C28H27N2O3S2+. The third-order valence-corrected chi connectivity index (χ3v) is 8.50. The van der Waals surface area contributed by atoms with Crippen LogP contribution in [0.25, 0.3) is 27.1 Å². The van der Waals surface area contributed by atoms with Crippen molar-refractivity contribution in [3.63, 3.8) is 0 Å². The summed E-state index contributed by atoms with van der Waals surface area (Å²) in [4.78, 5) is 14.5. The molecule has 1 aliphatic rings. The molecular weight excluding hydrogens is 476 g/mol. The lowest BCUT2D eigenvalue weighted by Crippen LogP contribution is -2.29. The lowest BCUT2D eigenvalue weighted by Gasteiger charge is -2.20. The molecule has 35 heavy (non-hydrogen) atoms. The van der Waals surface area contributed by atoms with Gasteiger partial charge in [-0.1, -0.05) is 54.3 Å². The van der Waals surface area contributed by atoms with Crippen molar-refractivity contribution in [3.8, 4) is 5.75 Å². The van der Waals surface area contributed by atoms with Gasteiger partial charge in [-0.15, -0.1) is 0 Å². The zero-order chi connectivity index (χ0) is 24.5. The topological polar surface area (TPSA) is 53.7 Å². The van der Waals surface area contributed by atoms with Crippen LogP contribution in [-0.2, 0) is 11.8 Å². The second-order valence-electron chi connectivity index (χ2n) is 8.42. The minimum atomic E-state index is -0.799. The molecule has 0 unspecified atom stereocenters. The first-order chi connectivity index (χ1) is 17.0. The highest BCUT2D eigenvalue weighted by Crippen LogP contribution is 2.48. The van der Waals surface area contributed by atoms with Crippen LogP contribution in [0.15, 0.2) is 76.2 Å². The van der Waals surface area contributed by atoms with Gasteiger partial charge in [0.15, 0.2) is 0 Å². The van der Waals surface area contributed by atoms with Gasteiger partial charge in [-0.25, -0.2) is 0 Å². The van der Waals surface area contributed by atoms with Gasteiger partial charge in [0.25, 0.3) is 5.01 Å². The highest BCUT2D eigenvalue weighted by molar-refractivity contribution is 8.03. The molecule has 1 aliphatic heterocycles. The van der Waals surface area contributed by atoms with Crippen LogP contribution in [0.2, 0.25) is 0 Å². The molecule has 0 fully saturated rings. The van der Waals surface area contributed by atoms with E-state index in [9.17, 15) is 9.90 Å². The van der Waals surface area contributed by atoms with Gasteiger partial charge in [0.2, 0.25) is 5.52 Å². The molecule has 0 atom stereocenters. The summed E-state index contributed by atoms with van der Waals surface area (Å²) in [5, 5.41) is 14.0. The molecule has 178 valence electrons. The molecule has 0 radical (unpaired) electrons. The standard InChI is InChI=1S/C28H26N2O3S2/c1-4-18(15-25-29(2)28-21-8-6-5-7-19(21)9-12-23(28)34-25)16-26-30(14-13-27(31)32)22-11-10-20(33-3)17-24(22)35-26/h5-12,15-17H,4,13-14H2,1-3H3/p+1. The van der Waals surface area contributed by atoms with Crippen molar-refractivity contribution in [2.75, 3.05) is 18.6 Å². The van der Waals surface area contributed by atoms with Crippen molar-refractivity contribution in [2.45, 2.75) is 24.7 Å². The van der Waals surface area contributed by atoms with Crippen molar-refractivity contribution in [1.82, 2.24) is 0 Å². The zero-order valence-corrected chi connectivity index (χ0v) is 21.6. The Kier molecular flexibility index (Phi) is 6.54. The van der Waals surface area contributed by atoms with Crippen LogP contribution in [0.3, 0.4) is 0 Å². The highest BCUT2D eigenvalue weighted by atomic mass is 32.2. The van der Waals surface area contributed by atoms with Gasteiger partial charge >= 0.3 is 5.97 Å². The van der Waals surface area contributed by atoms with Crippen LogP contribution >= 0.6 is 23.1 Å². The molecule has 0 bridgehead atoms. The van der Waals surface area contributed by atoms with Crippen molar-refractivity contribution < 1.29 is 19.2 Å². The van der Waals surface area contributed by atoms with E-state index < -0.39 is 5.97 Å². The van der Waals surface area contributed by atoms with E-state index >= 15 is 0 Å². The van der Waals surface area contributed by atoms with Gasteiger partial charge in [0, 0.05) is 17.5 Å². The predicted molar refractivity (Wildman–Crippen MR) is 145 cm³/mol.